The molecule has 1 aromatic carbocycles. The van der Waals surface area contributed by atoms with E-state index < -0.39 is 5.60 Å². The van der Waals surface area contributed by atoms with E-state index in [-0.39, 0.29) is 0 Å². The zero-order valence-corrected chi connectivity index (χ0v) is 11.3. The number of nitrogens with zero attached hydrogens (tertiary/aromatic N) is 2. The fourth-order valence-electron chi connectivity index (χ4n) is 2.66. The topological polar surface area (TPSA) is 49.5 Å². The van der Waals surface area contributed by atoms with Crippen LogP contribution in [0.3, 0.4) is 0 Å². The van der Waals surface area contributed by atoms with Crippen molar-refractivity contribution in [3.8, 4) is 0 Å². The first kappa shape index (κ1) is 12.6. The minimum absolute atomic E-state index is 0.518. The third-order valence-corrected chi connectivity index (χ3v) is 3.85. The van der Waals surface area contributed by atoms with Gasteiger partial charge in [0.25, 0.3) is 0 Å². The van der Waals surface area contributed by atoms with Crippen LogP contribution in [0.1, 0.15) is 32.1 Å². The van der Waals surface area contributed by atoms with Gasteiger partial charge in [-0.3, -0.25) is 4.90 Å². The monoisotopic (exact) mass is 260 g/mol. The summed E-state index contributed by atoms with van der Waals surface area (Å²) < 4.78 is 5.75. The summed E-state index contributed by atoms with van der Waals surface area (Å²) in [6.07, 6.45) is 2.71. The minimum atomic E-state index is -0.518. The van der Waals surface area contributed by atoms with Gasteiger partial charge in [0.15, 0.2) is 5.58 Å². The van der Waals surface area contributed by atoms with Gasteiger partial charge in [-0.25, -0.2) is 4.98 Å². The van der Waals surface area contributed by atoms with E-state index in [9.17, 15) is 5.11 Å². The highest BCUT2D eigenvalue weighted by molar-refractivity contribution is 5.72. The molecule has 1 aliphatic rings. The van der Waals surface area contributed by atoms with Gasteiger partial charge in [0, 0.05) is 6.54 Å². The zero-order chi connectivity index (χ0) is 13.3. The number of benzene rings is 1. The van der Waals surface area contributed by atoms with E-state index in [1.54, 1.807) is 0 Å². The van der Waals surface area contributed by atoms with E-state index in [4.69, 9.17) is 4.42 Å². The predicted molar refractivity (Wildman–Crippen MR) is 73.8 cm³/mol. The van der Waals surface area contributed by atoms with Crippen molar-refractivity contribution in [2.24, 2.45) is 0 Å². The summed E-state index contributed by atoms with van der Waals surface area (Å²) in [4.78, 5) is 6.81. The second-order valence-corrected chi connectivity index (χ2v) is 5.70. The normalized spacial score (nSPS) is 25.6. The molecule has 2 aromatic rings. The van der Waals surface area contributed by atoms with Crippen LogP contribution < -0.4 is 0 Å². The molecule has 102 valence electrons. The van der Waals surface area contributed by atoms with Gasteiger partial charge in [0.05, 0.1) is 12.1 Å². The Morgan fingerprint density at radius 2 is 2.16 bits per heavy atom. The number of fused-ring (bicyclic) bond motifs is 1. The quantitative estimate of drug-likeness (QED) is 0.901. The van der Waals surface area contributed by atoms with Crippen LogP contribution in [-0.2, 0) is 6.54 Å². The smallest absolute Gasteiger partial charge is 0.209 e. The molecule has 1 unspecified atom stereocenters. The molecule has 0 aliphatic carbocycles. The van der Waals surface area contributed by atoms with Crippen molar-refractivity contribution in [1.82, 2.24) is 9.88 Å². The summed E-state index contributed by atoms with van der Waals surface area (Å²) in [5, 5.41) is 10.1. The highest BCUT2D eigenvalue weighted by Gasteiger charge is 2.25. The van der Waals surface area contributed by atoms with Crippen molar-refractivity contribution in [3.63, 3.8) is 0 Å². The van der Waals surface area contributed by atoms with Gasteiger partial charge < -0.3 is 9.52 Å². The van der Waals surface area contributed by atoms with Crippen LogP contribution in [-0.4, -0.2) is 33.7 Å². The lowest BCUT2D eigenvalue weighted by atomic mass is 9.98. The Kier molecular flexibility index (Phi) is 3.29. The van der Waals surface area contributed by atoms with Gasteiger partial charge in [0.1, 0.15) is 5.52 Å². The first-order valence-corrected chi connectivity index (χ1v) is 6.92. The van der Waals surface area contributed by atoms with E-state index >= 15 is 0 Å². The standard InChI is InChI=1S/C15H20N2O2/c1-15(18)7-4-9-17(10-8-15)11-14-16-12-5-2-3-6-13(12)19-14/h2-3,5-6,18H,4,7-11H2,1H3. The molecule has 0 spiro atoms. The fourth-order valence-corrected chi connectivity index (χ4v) is 2.66. The Bertz CT molecular complexity index is 529. The molecule has 1 aromatic heterocycles. The summed E-state index contributed by atoms with van der Waals surface area (Å²) in [7, 11) is 0. The van der Waals surface area contributed by atoms with Crippen LogP contribution in [0.2, 0.25) is 0 Å². The first-order chi connectivity index (χ1) is 9.12. The van der Waals surface area contributed by atoms with Crippen molar-refractivity contribution >= 4 is 11.1 Å². The number of hydrogen-bond donors (Lipinski definition) is 1. The third-order valence-electron chi connectivity index (χ3n) is 3.85. The van der Waals surface area contributed by atoms with Gasteiger partial charge in [-0.15, -0.1) is 0 Å². The molecule has 1 N–H and O–H groups in total. The average Bonchev–Trinajstić information content (AvgIpc) is 2.69. The Balaban J connectivity index is 1.70. The minimum Gasteiger partial charge on any atom is -0.439 e. The van der Waals surface area contributed by atoms with Crippen LogP contribution in [0, 0.1) is 0 Å². The number of oxazole rings is 1. The molecule has 2 heterocycles. The molecule has 4 heteroatoms. The van der Waals surface area contributed by atoms with Crippen molar-refractivity contribution in [3.05, 3.63) is 30.2 Å². The van der Waals surface area contributed by atoms with Crippen LogP contribution in [0.4, 0.5) is 0 Å². The molecule has 0 bridgehead atoms. The SMILES string of the molecule is CC1(O)CCCN(Cc2nc3ccccc3o2)CC1. The molecule has 1 aliphatic heterocycles. The summed E-state index contributed by atoms with van der Waals surface area (Å²) in [6, 6.07) is 7.84. The highest BCUT2D eigenvalue weighted by atomic mass is 16.3. The lowest BCUT2D eigenvalue weighted by Crippen LogP contribution is -2.28. The number of likely N-dealkylation sites (tertiary alicyclic amines) is 1. The van der Waals surface area contributed by atoms with E-state index in [2.05, 4.69) is 9.88 Å². The first-order valence-electron chi connectivity index (χ1n) is 6.92. The highest BCUT2D eigenvalue weighted by Crippen LogP contribution is 2.23. The lowest BCUT2D eigenvalue weighted by molar-refractivity contribution is 0.0441. The van der Waals surface area contributed by atoms with E-state index in [1.165, 1.54) is 0 Å². The van der Waals surface area contributed by atoms with Crippen molar-refractivity contribution in [2.75, 3.05) is 13.1 Å². The van der Waals surface area contributed by atoms with Crippen LogP contribution in [0.15, 0.2) is 28.7 Å². The molecule has 19 heavy (non-hydrogen) atoms. The van der Waals surface area contributed by atoms with Gasteiger partial charge in [-0.1, -0.05) is 12.1 Å². The zero-order valence-electron chi connectivity index (χ0n) is 11.3. The number of para-hydroxylation sites is 2. The van der Waals surface area contributed by atoms with Gasteiger partial charge in [-0.2, -0.15) is 0 Å². The van der Waals surface area contributed by atoms with E-state index in [0.717, 1.165) is 55.9 Å². The molecular weight excluding hydrogens is 240 g/mol. The lowest BCUT2D eigenvalue weighted by Gasteiger charge is -2.21. The molecule has 0 amide bonds. The number of hydrogen-bond acceptors (Lipinski definition) is 4. The van der Waals surface area contributed by atoms with Crippen molar-refractivity contribution in [1.29, 1.82) is 0 Å². The molecule has 1 atom stereocenters. The molecule has 1 saturated heterocycles. The van der Waals surface area contributed by atoms with Gasteiger partial charge in [-0.05, 0) is 44.9 Å². The van der Waals surface area contributed by atoms with Crippen LogP contribution in [0.25, 0.3) is 11.1 Å². The molecule has 3 rings (SSSR count). The number of rotatable bonds is 2. The van der Waals surface area contributed by atoms with Gasteiger partial charge >= 0.3 is 0 Å². The Morgan fingerprint density at radius 3 is 3.00 bits per heavy atom. The second-order valence-electron chi connectivity index (χ2n) is 5.70. The summed E-state index contributed by atoms with van der Waals surface area (Å²) >= 11 is 0. The second kappa shape index (κ2) is 4.94. The molecule has 4 nitrogen and oxygen atoms in total. The van der Waals surface area contributed by atoms with Crippen LogP contribution >= 0.6 is 0 Å². The summed E-state index contributed by atoms with van der Waals surface area (Å²) in [6.45, 7) is 4.54. The van der Waals surface area contributed by atoms with Gasteiger partial charge in [0.2, 0.25) is 5.89 Å². The largest absolute Gasteiger partial charge is 0.439 e. The number of aliphatic hydroxyl groups is 1. The Hall–Kier alpha value is -1.39. The number of aromatic nitrogens is 1. The van der Waals surface area contributed by atoms with E-state index in [1.807, 2.05) is 31.2 Å². The maximum absolute atomic E-state index is 10.1. The summed E-state index contributed by atoms with van der Waals surface area (Å²) in [5.74, 6) is 0.766. The van der Waals surface area contributed by atoms with Crippen molar-refractivity contribution in [2.45, 2.75) is 38.3 Å². The fraction of sp³-hybridized carbons (Fsp3) is 0.533. The maximum atomic E-state index is 10.1. The van der Waals surface area contributed by atoms with Crippen LogP contribution in [0.5, 0.6) is 0 Å². The third kappa shape index (κ3) is 2.96. The van der Waals surface area contributed by atoms with E-state index in [0.29, 0.717) is 0 Å². The molecule has 1 fully saturated rings. The predicted octanol–water partition coefficient (Wildman–Crippen LogP) is 2.56. The maximum Gasteiger partial charge on any atom is 0.209 e. The average molecular weight is 260 g/mol. The molecule has 0 radical (unpaired) electrons. The summed E-state index contributed by atoms with van der Waals surface area (Å²) in [5.41, 5.74) is 1.24. The molecular formula is C15H20N2O2. The molecule has 0 saturated carbocycles. The van der Waals surface area contributed by atoms with Crippen molar-refractivity contribution < 1.29 is 9.52 Å². The Morgan fingerprint density at radius 1 is 1.32 bits per heavy atom. The Labute approximate surface area is 113 Å².